The number of benzene rings is 2. The summed E-state index contributed by atoms with van der Waals surface area (Å²) in [6.45, 7) is 2.57. The van der Waals surface area contributed by atoms with Gasteiger partial charge in [-0.2, -0.15) is 0 Å². The number of unbranched alkanes of at least 4 members (excludes halogenated alkanes) is 1. The van der Waals surface area contributed by atoms with Gasteiger partial charge < -0.3 is 19.2 Å². The molecule has 0 saturated carbocycles. The number of H-pyrrole nitrogens is 1. The Kier molecular flexibility index (Phi) is 7.66. The first kappa shape index (κ1) is 23.1. The number of rotatable bonds is 8. The number of aromatic nitrogens is 1. The average molecular weight is 445 g/mol. The van der Waals surface area contributed by atoms with Gasteiger partial charge >= 0.3 is 12.3 Å². The highest BCUT2D eigenvalue weighted by atomic mass is 19.4. The Morgan fingerprint density at radius 1 is 1.09 bits per heavy atom. The molecule has 0 aliphatic heterocycles. The van der Waals surface area contributed by atoms with E-state index in [1.807, 2.05) is 18.2 Å². The molecule has 0 aliphatic rings. The lowest BCUT2D eigenvalue weighted by molar-refractivity contribution is -0.274. The summed E-state index contributed by atoms with van der Waals surface area (Å²) in [5, 5.41) is 0.910. The second kappa shape index (κ2) is 10.6. The molecule has 0 aliphatic carbocycles. The normalized spacial score (nSPS) is 11.0. The summed E-state index contributed by atoms with van der Waals surface area (Å²) < 4.78 is 51.1. The van der Waals surface area contributed by atoms with Crippen molar-refractivity contribution in [1.29, 1.82) is 0 Å². The highest BCUT2D eigenvalue weighted by molar-refractivity contribution is 5.88. The largest absolute Gasteiger partial charge is 0.573 e. The number of hydrogen-bond donors (Lipinski definition) is 1. The van der Waals surface area contributed by atoms with Crippen LogP contribution >= 0.6 is 0 Å². The van der Waals surface area contributed by atoms with Crippen LogP contribution in [0.5, 0.6) is 11.5 Å². The van der Waals surface area contributed by atoms with Gasteiger partial charge in [-0.1, -0.05) is 11.8 Å². The van der Waals surface area contributed by atoms with Crippen LogP contribution in [-0.2, 0) is 16.0 Å². The molecular weight excluding hydrogens is 423 g/mol. The van der Waals surface area contributed by atoms with Crippen molar-refractivity contribution in [2.75, 3.05) is 13.2 Å². The number of nitrogens with one attached hydrogen (secondary N) is 1. The molecule has 0 unspecified atom stereocenters. The third-order valence-electron chi connectivity index (χ3n) is 4.41. The van der Waals surface area contributed by atoms with E-state index in [4.69, 9.17) is 9.47 Å². The number of esters is 1. The van der Waals surface area contributed by atoms with E-state index in [0.29, 0.717) is 37.4 Å². The lowest BCUT2D eigenvalue weighted by Gasteiger charge is -2.08. The van der Waals surface area contributed by atoms with E-state index in [9.17, 15) is 18.0 Å². The summed E-state index contributed by atoms with van der Waals surface area (Å²) in [4.78, 5) is 14.9. The van der Waals surface area contributed by atoms with E-state index < -0.39 is 6.36 Å². The van der Waals surface area contributed by atoms with Crippen LogP contribution in [0.25, 0.3) is 10.9 Å². The number of carbonyl (C=O) groups excluding carboxylic acids is 1. The van der Waals surface area contributed by atoms with Crippen molar-refractivity contribution in [2.45, 2.75) is 32.5 Å². The van der Waals surface area contributed by atoms with Crippen LogP contribution in [0.3, 0.4) is 0 Å². The van der Waals surface area contributed by atoms with Gasteiger partial charge in [-0.15, -0.1) is 13.2 Å². The molecule has 1 aromatic heterocycles. The average Bonchev–Trinajstić information content (AvgIpc) is 3.13. The van der Waals surface area contributed by atoms with Crippen molar-refractivity contribution < 1.29 is 32.2 Å². The molecule has 5 nitrogen and oxygen atoms in total. The quantitative estimate of drug-likeness (QED) is 0.287. The van der Waals surface area contributed by atoms with Crippen LogP contribution in [-0.4, -0.2) is 30.5 Å². The van der Waals surface area contributed by atoms with Gasteiger partial charge in [0.15, 0.2) is 0 Å². The van der Waals surface area contributed by atoms with E-state index in [0.717, 1.165) is 16.5 Å². The predicted molar refractivity (Wildman–Crippen MR) is 113 cm³/mol. The Hall–Kier alpha value is -3.60. The topological polar surface area (TPSA) is 60.6 Å². The second-order valence-corrected chi connectivity index (χ2v) is 6.83. The van der Waals surface area contributed by atoms with Crippen molar-refractivity contribution in [3.8, 4) is 23.3 Å². The maximum absolute atomic E-state index is 12.2. The van der Waals surface area contributed by atoms with Crippen LogP contribution in [0.4, 0.5) is 13.2 Å². The molecule has 168 valence electrons. The molecule has 0 saturated heterocycles. The Morgan fingerprint density at radius 2 is 1.84 bits per heavy atom. The summed E-state index contributed by atoms with van der Waals surface area (Å²) in [6.07, 6.45) is -1.47. The van der Waals surface area contributed by atoms with E-state index in [2.05, 4.69) is 21.6 Å². The zero-order chi connectivity index (χ0) is 23.0. The van der Waals surface area contributed by atoms with Gasteiger partial charge in [-0.05, 0) is 61.4 Å². The second-order valence-electron chi connectivity index (χ2n) is 6.83. The van der Waals surface area contributed by atoms with Crippen molar-refractivity contribution in [3.63, 3.8) is 0 Å². The summed E-state index contributed by atoms with van der Waals surface area (Å²) in [5.41, 5.74) is 2.36. The van der Waals surface area contributed by atoms with Crippen molar-refractivity contribution in [3.05, 3.63) is 59.8 Å². The van der Waals surface area contributed by atoms with E-state index in [1.165, 1.54) is 24.3 Å². The minimum Gasteiger partial charge on any atom is -0.494 e. The number of alkyl halides is 3. The van der Waals surface area contributed by atoms with Gasteiger partial charge in [0.25, 0.3) is 0 Å². The van der Waals surface area contributed by atoms with Crippen LogP contribution < -0.4 is 9.47 Å². The molecule has 32 heavy (non-hydrogen) atoms. The van der Waals surface area contributed by atoms with E-state index >= 15 is 0 Å². The van der Waals surface area contributed by atoms with Crippen LogP contribution in [0.15, 0.2) is 48.7 Å². The van der Waals surface area contributed by atoms with Gasteiger partial charge in [0.1, 0.15) is 11.5 Å². The lowest BCUT2D eigenvalue weighted by Crippen LogP contribution is -2.16. The fourth-order valence-corrected chi connectivity index (χ4v) is 3.02. The van der Waals surface area contributed by atoms with Gasteiger partial charge in [0, 0.05) is 29.1 Å². The monoisotopic (exact) mass is 445 g/mol. The van der Waals surface area contributed by atoms with Crippen LogP contribution in [0.2, 0.25) is 0 Å². The molecule has 0 fully saturated rings. The fraction of sp³-hybridized carbons (Fsp3) is 0.292. The Morgan fingerprint density at radius 3 is 2.56 bits per heavy atom. The molecule has 0 radical (unpaired) electrons. The van der Waals surface area contributed by atoms with E-state index in [-0.39, 0.29) is 18.1 Å². The molecular formula is C24H22F3NO4. The molecule has 0 spiro atoms. The first-order chi connectivity index (χ1) is 15.3. The summed E-state index contributed by atoms with van der Waals surface area (Å²) in [6, 6.07) is 11.0. The first-order valence-corrected chi connectivity index (χ1v) is 10.1. The zero-order valence-corrected chi connectivity index (χ0v) is 17.4. The summed E-state index contributed by atoms with van der Waals surface area (Å²) >= 11 is 0. The van der Waals surface area contributed by atoms with Gasteiger partial charge in [0.2, 0.25) is 0 Å². The molecule has 1 N–H and O–H groups in total. The smallest absolute Gasteiger partial charge is 0.494 e. The Balaban J connectivity index is 1.47. The zero-order valence-electron chi connectivity index (χ0n) is 17.4. The maximum atomic E-state index is 12.2. The molecule has 2 aromatic carbocycles. The minimum atomic E-state index is -4.71. The standard InChI is InChI=1S/C24H22F3NO4/c1-2-30-23(29)14-18-16-28-22-12-11-20(15-21(18)22)31-13-5-3-4-6-17-7-9-19(10-8-17)32-24(25,26)27/h7-12,15-16,28H,2-3,5,13-14H2,1H3. The number of ether oxygens (including phenoxy) is 3. The van der Waals surface area contributed by atoms with Crippen LogP contribution in [0.1, 0.15) is 30.9 Å². The summed E-state index contributed by atoms with van der Waals surface area (Å²) in [7, 11) is 0. The Bertz CT molecular complexity index is 1110. The fourth-order valence-electron chi connectivity index (χ4n) is 3.02. The van der Waals surface area contributed by atoms with Gasteiger partial charge in [-0.25, -0.2) is 0 Å². The number of carbonyl (C=O) groups is 1. The SMILES string of the molecule is CCOC(=O)Cc1c[nH]c2ccc(OCCCC#Cc3ccc(OC(F)(F)F)cc3)cc12. The molecule has 8 heteroatoms. The number of fused-ring (bicyclic) bond motifs is 1. The van der Waals surface area contributed by atoms with Crippen molar-refractivity contribution in [2.24, 2.45) is 0 Å². The van der Waals surface area contributed by atoms with Crippen LogP contribution in [0, 0.1) is 11.8 Å². The van der Waals surface area contributed by atoms with Gasteiger partial charge in [0.05, 0.1) is 19.6 Å². The predicted octanol–water partition coefficient (Wildman–Crippen LogP) is 5.38. The molecule has 1 heterocycles. The summed E-state index contributed by atoms with van der Waals surface area (Å²) in [5.74, 6) is 6.01. The van der Waals surface area contributed by atoms with Crippen molar-refractivity contribution >= 4 is 16.9 Å². The number of aromatic amines is 1. The number of hydrogen-bond acceptors (Lipinski definition) is 4. The third-order valence-corrected chi connectivity index (χ3v) is 4.41. The van der Waals surface area contributed by atoms with Crippen molar-refractivity contribution in [1.82, 2.24) is 4.98 Å². The Labute approximate surface area is 183 Å². The molecule has 0 bridgehead atoms. The van der Waals surface area contributed by atoms with E-state index in [1.54, 1.807) is 13.1 Å². The minimum absolute atomic E-state index is 0.191. The third kappa shape index (κ3) is 6.98. The van der Waals surface area contributed by atoms with Gasteiger partial charge in [-0.3, -0.25) is 4.79 Å². The molecule has 3 rings (SSSR count). The highest BCUT2D eigenvalue weighted by Gasteiger charge is 2.30. The molecule has 0 amide bonds. The lowest BCUT2D eigenvalue weighted by atomic mass is 10.1. The maximum Gasteiger partial charge on any atom is 0.573 e. The molecule has 3 aromatic rings. The molecule has 0 atom stereocenters. The first-order valence-electron chi connectivity index (χ1n) is 10.1. The highest BCUT2D eigenvalue weighted by Crippen LogP contribution is 2.25. The number of halogens is 3.